The molecule has 4 fully saturated rings. The SMILES string of the molecule is C[C@@H](CCC(=O)O)C1CC[C@H]2[C@@H]3[C@H](O)C[C@@H]4[C@@H](O)[C@H](O)CC[C@]4(C)[C@H]3CC[C@]12C. The minimum Gasteiger partial charge on any atom is -0.481 e. The smallest absolute Gasteiger partial charge is 0.303 e. The minimum atomic E-state index is -0.718. The summed E-state index contributed by atoms with van der Waals surface area (Å²) >= 11 is 0. The van der Waals surface area contributed by atoms with E-state index in [1.807, 2.05) is 0 Å². The number of carboxylic acids is 1. The molecule has 4 saturated carbocycles. The van der Waals surface area contributed by atoms with E-state index < -0.39 is 24.3 Å². The zero-order chi connectivity index (χ0) is 21.1. The summed E-state index contributed by atoms with van der Waals surface area (Å²) in [5.41, 5.74) is 0.174. The topological polar surface area (TPSA) is 98.0 Å². The zero-order valence-corrected chi connectivity index (χ0v) is 18.3. The van der Waals surface area contributed by atoms with Crippen molar-refractivity contribution in [3.05, 3.63) is 0 Å². The second kappa shape index (κ2) is 7.49. The molecule has 166 valence electrons. The molecule has 0 bridgehead atoms. The van der Waals surface area contributed by atoms with Gasteiger partial charge in [-0.3, -0.25) is 4.79 Å². The van der Waals surface area contributed by atoms with E-state index in [-0.39, 0.29) is 29.1 Å². The van der Waals surface area contributed by atoms with Crippen LogP contribution in [0.25, 0.3) is 0 Å². The third-order valence-corrected chi connectivity index (χ3v) is 10.3. The molecule has 11 atom stereocenters. The van der Waals surface area contributed by atoms with E-state index >= 15 is 0 Å². The van der Waals surface area contributed by atoms with Crippen molar-refractivity contribution >= 4 is 5.97 Å². The Bertz CT molecular complexity index is 637. The van der Waals surface area contributed by atoms with Gasteiger partial charge in [0.25, 0.3) is 0 Å². The van der Waals surface area contributed by atoms with E-state index in [1.165, 1.54) is 0 Å². The van der Waals surface area contributed by atoms with Crippen LogP contribution in [0.5, 0.6) is 0 Å². The molecule has 0 aromatic heterocycles. The molecule has 0 aromatic carbocycles. The van der Waals surface area contributed by atoms with E-state index in [1.54, 1.807) is 0 Å². The third kappa shape index (κ3) is 3.27. The van der Waals surface area contributed by atoms with Gasteiger partial charge in [-0.2, -0.15) is 0 Å². The maximum absolute atomic E-state index is 11.3. The van der Waals surface area contributed by atoms with Crippen LogP contribution in [0.3, 0.4) is 0 Å². The van der Waals surface area contributed by atoms with Crippen LogP contribution < -0.4 is 0 Å². The molecule has 0 spiro atoms. The summed E-state index contributed by atoms with van der Waals surface area (Å²) in [6, 6.07) is 0. The lowest BCUT2D eigenvalue weighted by atomic mass is 9.43. The maximum Gasteiger partial charge on any atom is 0.303 e. The Morgan fingerprint density at radius 3 is 2.28 bits per heavy atom. The van der Waals surface area contributed by atoms with Crippen LogP contribution in [0, 0.1) is 46.3 Å². The fourth-order valence-corrected chi connectivity index (χ4v) is 8.79. The van der Waals surface area contributed by atoms with E-state index in [0.717, 1.165) is 38.5 Å². The molecule has 0 aliphatic heterocycles. The fraction of sp³-hybridized carbons (Fsp3) is 0.958. The summed E-state index contributed by atoms with van der Waals surface area (Å²) in [6.07, 6.45) is 5.87. The molecule has 5 nitrogen and oxygen atoms in total. The average molecular weight is 409 g/mol. The number of aliphatic carboxylic acids is 1. The highest BCUT2D eigenvalue weighted by Crippen LogP contribution is 2.68. The van der Waals surface area contributed by atoms with Crippen LogP contribution in [-0.4, -0.2) is 44.7 Å². The van der Waals surface area contributed by atoms with Crippen molar-refractivity contribution < 1.29 is 25.2 Å². The molecule has 29 heavy (non-hydrogen) atoms. The first kappa shape index (κ1) is 21.6. The number of aliphatic hydroxyl groups excluding tert-OH is 3. The van der Waals surface area contributed by atoms with E-state index in [9.17, 15) is 20.1 Å². The highest BCUT2D eigenvalue weighted by atomic mass is 16.4. The van der Waals surface area contributed by atoms with Crippen LogP contribution in [0.15, 0.2) is 0 Å². The van der Waals surface area contributed by atoms with Crippen LogP contribution in [-0.2, 0) is 4.79 Å². The van der Waals surface area contributed by atoms with Crippen LogP contribution in [0.4, 0.5) is 0 Å². The van der Waals surface area contributed by atoms with Gasteiger partial charge in [0.15, 0.2) is 0 Å². The first-order valence-electron chi connectivity index (χ1n) is 11.9. The van der Waals surface area contributed by atoms with Crippen molar-refractivity contribution in [2.45, 2.75) is 96.9 Å². The van der Waals surface area contributed by atoms with Gasteiger partial charge in [-0.1, -0.05) is 20.8 Å². The molecular weight excluding hydrogens is 368 g/mol. The van der Waals surface area contributed by atoms with Crippen molar-refractivity contribution in [3.63, 3.8) is 0 Å². The first-order valence-corrected chi connectivity index (χ1v) is 11.9. The highest BCUT2D eigenvalue weighted by Gasteiger charge is 2.64. The second-order valence-electron chi connectivity index (χ2n) is 11.4. The van der Waals surface area contributed by atoms with E-state index in [0.29, 0.717) is 36.5 Å². The van der Waals surface area contributed by atoms with Crippen molar-refractivity contribution in [2.24, 2.45) is 46.3 Å². The summed E-state index contributed by atoms with van der Waals surface area (Å²) in [5, 5.41) is 41.3. The lowest BCUT2D eigenvalue weighted by Gasteiger charge is -2.63. The summed E-state index contributed by atoms with van der Waals surface area (Å²) < 4.78 is 0. The maximum atomic E-state index is 11.3. The Morgan fingerprint density at radius 2 is 1.59 bits per heavy atom. The van der Waals surface area contributed by atoms with Crippen LogP contribution in [0.1, 0.15) is 78.6 Å². The lowest BCUT2D eigenvalue weighted by Crippen LogP contribution is -2.62. The number of hydrogen-bond acceptors (Lipinski definition) is 4. The number of rotatable bonds is 4. The van der Waals surface area contributed by atoms with Gasteiger partial charge in [0.05, 0.1) is 18.3 Å². The van der Waals surface area contributed by atoms with E-state index in [4.69, 9.17) is 5.11 Å². The summed E-state index contributed by atoms with van der Waals surface area (Å²) in [7, 11) is 0. The van der Waals surface area contributed by atoms with Gasteiger partial charge < -0.3 is 20.4 Å². The Hall–Kier alpha value is -0.650. The van der Waals surface area contributed by atoms with Crippen LogP contribution >= 0.6 is 0 Å². The molecule has 0 heterocycles. The average Bonchev–Trinajstić information content (AvgIpc) is 3.02. The quantitative estimate of drug-likeness (QED) is 0.571. The second-order valence-corrected chi connectivity index (χ2v) is 11.4. The Kier molecular flexibility index (Phi) is 5.57. The van der Waals surface area contributed by atoms with Gasteiger partial charge >= 0.3 is 5.97 Å². The number of carboxylic acid groups (broad SMARTS) is 1. The normalized spacial score (nSPS) is 52.9. The van der Waals surface area contributed by atoms with Crippen LogP contribution in [0.2, 0.25) is 0 Å². The predicted octanol–water partition coefficient (Wildman–Crippen LogP) is 3.45. The minimum absolute atomic E-state index is 0.00309. The largest absolute Gasteiger partial charge is 0.481 e. The van der Waals surface area contributed by atoms with Gasteiger partial charge in [-0.05, 0) is 97.7 Å². The molecule has 4 rings (SSSR count). The summed E-state index contributed by atoms with van der Waals surface area (Å²) in [4.78, 5) is 11.1. The Labute approximate surface area is 174 Å². The molecule has 5 heteroatoms. The molecular formula is C24H40O5. The Morgan fingerprint density at radius 1 is 0.931 bits per heavy atom. The molecule has 4 aliphatic carbocycles. The van der Waals surface area contributed by atoms with Gasteiger partial charge in [0, 0.05) is 6.42 Å². The predicted molar refractivity (Wildman–Crippen MR) is 110 cm³/mol. The molecule has 0 aromatic rings. The fourth-order valence-electron chi connectivity index (χ4n) is 8.79. The lowest BCUT2D eigenvalue weighted by molar-refractivity contribution is -0.206. The molecule has 0 saturated heterocycles. The monoisotopic (exact) mass is 408 g/mol. The van der Waals surface area contributed by atoms with Gasteiger partial charge in [-0.15, -0.1) is 0 Å². The third-order valence-electron chi connectivity index (χ3n) is 10.3. The van der Waals surface area contributed by atoms with Crippen molar-refractivity contribution in [1.82, 2.24) is 0 Å². The summed E-state index contributed by atoms with van der Waals surface area (Å²) in [5.74, 6) is 1.37. The Balaban J connectivity index is 1.57. The number of aliphatic hydroxyl groups is 3. The van der Waals surface area contributed by atoms with E-state index in [2.05, 4.69) is 20.8 Å². The van der Waals surface area contributed by atoms with Crippen molar-refractivity contribution in [2.75, 3.05) is 0 Å². The number of hydrogen-bond donors (Lipinski definition) is 4. The number of carbonyl (C=O) groups is 1. The van der Waals surface area contributed by atoms with Gasteiger partial charge in [0.2, 0.25) is 0 Å². The highest BCUT2D eigenvalue weighted by molar-refractivity contribution is 5.66. The zero-order valence-electron chi connectivity index (χ0n) is 18.3. The molecule has 1 unspecified atom stereocenters. The summed E-state index contributed by atoms with van der Waals surface area (Å²) in [6.45, 7) is 6.94. The molecule has 0 radical (unpaired) electrons. The van der Waals surface area contributed by atoms with Gasteiger partial charge in [-0.25, -0.2) is 0 Å². The standard InChI is InChI=1S/C24H40O5/c1-13(4-7-20(27)28)14-5-6-15-21-16(8-10-23(14,15)2)24(3)11-9-18(25)22(29)17(24)12-19(21)26/h13-19,21-22,25-26,29H,4-12H2,1-3H3,(H,27,28)/t13-,14?,15-,16-,17+,18+,19+,21-,22+,23+,24+/m0/s1. The molecule has 4 aliphatic rings. The molecule has 0 amide bonds. The van der Waals surface area contributed by atoms with Gasteiger partial charge in [0.1, 0.15) is 0 Å². The first-order chi connectivity index (χ1) is 13.6. The van der Waals surface area contributed by atoms with Crippen molar-refractivity contribution in [1.29, 1.82) is 0 Å². The van der Waals surface area contributed by atoms with Crippen molar-refractivity contribution in [3.8, 4) is 0 Å². The molecule has 4 N–H and O–H groups in total. The number of fused-ring (bicyclic) bond motifs is 5.